The van der Waals surface area contributed by atoms with Crippen LogP contribution in [0.4, 0.5) is 11.6 Å². The van der Waals surface area contributed by atoms with Crippen molar-refractivity contribution < 1.29 is 4.79 Å². The minimum absolute atomic E-state index is 0.301. The summed E-state index contributed by atoms with van der Waals surface area (Å²) in [5.41, 5.74) is 2.42. The second kappa shape index (κ2) is 7.43. The van der Waals surface area contributed by atoms with E-state index in [2.05, 4.69) is 26.2 Å². The number of hydrogen-bond acceptors (Lipinski definition) is 5. The fourth-order valence-electron chi connectivity index (χ4n) is 3.03. The normalized spacial score (nSPS) is 15.8. The number of nitrogens with zero attached hydrogens (tertiary/aromatic N) is 4. The number of benzene rings is 2. The Morgan fingerprint density at radius 2 is 1.86 bits per heavy atom. The minimum Gasteiger partial charge on any atom is -0.326 e. The Hall–Kier alpha value is -2.61. The van der Waals surface area contributed by atoms with Gasteiger partial charge in [0, 0.05) is 16.4 Å². The summed E-state index contributed by atoms with van der Waals surface area (Å²) in [6, 6.07) is 11.4. The molecule has 7 nitrogen and oxygen atoms in total. The van der Waals surface area contributed by atoms with Crippen LogP contribution in [0.1, 0.15) is 18.5 Å². The van der Waals surface area contributed by atoms with Gasteiger partial charge in [0.25, 0.3) is 5.91 Å². The summed E-state index contributed by atoms with van der Waals surface area (Å²) in [4.78, 5) is 13.1. The number of allylic oxidation sites excluding steroid dienone is 1. The van der Waals surface area contributed by atoms with Crippen LogP contribution in [-0.4, -0.2) is 26.1 Å². The maximum atomic E-state index is 13.1. The zero-order valence-electron chi connectivity index (χ0n) is 14.4. The van der Waals surface area contributed by atoms with Crippen molar-refractivity contribution in [3.63, 3.8) is 0 Å². The van der Waals surface area contributed by atoms with Gasteiger partial charge in [-0.1, -0.05) is 46.0 Å². The zero-order valence-corrected chi connectivity index (χ0v) is 16.7. The highest BCUT2D eigenvalue weighted by atomic mass is 35.5. The Balaban J connectivity index is 1.77. The van der Waals surface area contributed by atoms with Crippen LogP contribution in [0.5, 0.6) is 0 Å². The highest BCUT2D eigenvalue weighted by Gasteiger charge is 2.34. The first-order chi connectivity index (χ1) is 13.4. The summed E-state index contributed by atoms with van der Waals surface area (Å²) >= 11 is 18.2. The van der Waals surface area contributed by atoms with Crippen LogP contribution in [0.2, 0.25) is 15.1 Å². The quantitative estimate of drug-likeness (QED) is 0.630. The summed E-state index contributed by atoms with van der Waals surface area (Å²) in [5.74, 6) is 0.126. The number of aromatic nitrogens is 4. The van der Waals surface area contributed by atoms with Crippen LogP contribution in [0.3, 0.4) is 0 Å². The van der Waals surface area contributed by atoms with Gasteiger partial charge in [-0.15, -0.1) is 0 Å². The number of anilines is 2. The fraction of sp³-hybridized carbons (Fsp3) is 0.111. The molecule has 2 heterocycles. The highest BCUT2D eigenvalue weighted by molar-refractivity contribution is 6.42. The maximum absolute atomic E-state index is 13.1. The van der Waals surface area contributed by atoms with E-state index in [9.17, 15) is 4.79 Å². The molecule has 1 aliphatic rings. The molecule has 2 aromatic carbocycles. The molecule has 0 aliphatic carbocycles. The molecule has 4 rings (SSSR count). The molecule has 3 aromatic rings. The smallest absolute Gasteiger partial charge is 0.255 e. The molecule has 0 radical (unpaired) electrons. The van der Waals surface area contributed by atoms with Gasteiger partial charge in [-0.25, -0.2) is 0 Å². The van der Waals surface area contributed by atoms with Crippen LogP contribution in [0, 0.1) is 0 Å². The third-order valence-electron chi connectivity index (χ3n) is 4.32. The number of tetrazole rings is 1. The van der Waals surface area contributed by atoms with Gasteiger partial charge >= 0.3 is 0 Å². The lowest BCUT2D eigenvalue weighted by Gasteiger charge is -2.28. The third-order valence-corrected chi connectivity index (χ3v) is 5.31. The molecule has 1 aromatic heterocycles. The molecule has 0 unspecified atom stereocenters. The molecular formula is C18H13Cl3N6O. The molecule has 0 bridgehead atoms. The number of nitrogens with one attached hydrogen (secondary N) is 2. The predicted molar refractivity (Wildman–Crippen MR) is 109 cm³/mol. The summed E-state index contributed by atoms with van der Waals surface area (Å²) in [6.07, 6.45) is 0. The van der Waals surface area contributed by atoms with Crippen molar-refractivity contribution in [1.82, 2.24) is 20.2 Å². The van der Waals surface area contributed by atoms with E-state index in [0.29, 0.717) is 38.0 Å². The maximum Gasteiger partial charge on any atom is 0.255 e. The van der Waals surface area contributed by atoms with E-state index in [1.54, 1.807) is 49.4 Å². The van der Waals surface area contributed by atoms with E-state index in [4.69, 9.17) is 34.8 Å². The van der Waals surface area contributed by atoms with E-state index >= 15 is 0 Å². The molecule has 0 saturated carbocycles. The standard InChI is InChI=1S/C18H13Cl3N6O/c1-9-15(17(28)23-12-5-3-11(19)4-6-12)16(27-18(22-9)24-25-26-27)10-2-7-13(20)14(21)8-10/h2-8,16H,1H3,(H,23,28)(H,22,24,26)/t16-/m0/s1. The minimum atomic E-state index is -0.576. The Morgan fingerprint density at radius 1 is 1.11 bits per heavy atom. The molecule has 1 amide bonds. The topological polar surface area (TPSA) is 84.7 Å². The number of amides is 1. The van der Waals surface area contributed by atoms with Crippen LogP contribution < -0.4 is 10.6 Å². The molecule has 1 aliphatic heterocycles. The first-order valence-corrected chi connectivity index (χ1v) is 9.35. The molecule has 142 valence electrons. The summed E-state index contributed by atoms with van der Waals surface area (Å²) < 4.78 is 1.53. The lowest BCUT2D eigenvalue weighted by Crippen LogP contribution is -2.31. The van der Waals surface area contributed by atoms with Gasteiger partial charge in [0.05, 0.1) is 15.6 Å². The van der Waals surface area contributed by atoms with Crippen molar-refractivity contribution in [3.05, 3.63) is 74.4 Å². The van der Waals surface area contributed by atoms with Crippen molar-refractivity contribution in [3.8, 4) is 0 Å². The molecule has 0 fully saturated rings. The molecule has 28 heavy (non-hydrogen) atoms. The number of rotatable bonds is 3. The zero-order chi connectivity index (χ0) is 19.8. The molecular weight excluding hydrogens is 423 g/mol. The van der Waals surface area contributed by atoms with Crippen LogP contribution >= 0.6 is 34.8 Å². The van der Waals surface area contributed by atoms with E-state index in [1.165, 1.54) is 4.68 Å². The first-order valence-electron chi connectivity index (χ1n) is 8.21. The second-order valence-electron chi connectivity index (χ2n) is 6.15. The van der Waals surface area contributed by atoms with Gasteiger partial charge in [0.2, 0.25) is 5.95 Å². The fourth-order valence-corrected chi connectivity index (χ4v) is 3.46. The van der Waals surface area contributed by atoms with E-state index in [0.717, 1.165) is 5.56 Å². The average molecular weight is 436 g/mol. The summed E-state index contributed by atoms with van der Waals surface area (Å²) in [5, 5.41) is 19.0. The van der Waals surface area contributed by atoms with Gasteiger partial charge in [-0.05, 0) is 59.3 Å². The van der Waals surface area contributed by atoms with Crippen molar-refractivity contribution in [2.75, 3.05) is 10.6 Å². The lowest BCUT2D eigenvalue weighted by atomic mass is 9.95. The molecule has 1 atom stereocenters. The summed E-state index contributed by atoms with van der Waals surface area (Å²) in [6.45, 7) is 1.79. The van der Waals surface area contributed by atoms with Gasteiger partial charge in [-0.3, -0.25) is 4.79 Å². The molecule has 0 saturated heterocycles. The number of halogens is 3. The van der Waals surface area contributed by atoms with E-state index in [-0.39, 0.29) is 5.91 Å². The third kappa shape index (κ3) is 3.44. The Bertz CT molecular complexity index is 1090. The Labute approximate surface area is 175 Å². The number of carbonyl (C=O) groups excluding carboxylic acids is 1. The van der Waals surface area contributed by atoms with Crippen molar-refractivity contribution in [2.24, 2.45) is 0 Å². The highest BCUT2D eigenvalue weighted by Crippen LogP contribution is 2.37. The second-order valence-corrected chi connectivity index (χ2v) is 7.40. The van der Waals surface area contributed by atoms with Gasteiger partial charge in [0.1, 0.15) is 6.04 Å². The number of hydrogen-bond donors (Lipinski definition) is 2. The average Bonchev–Trinajstić information content (AvgIpc) is 3.12. The van der Waals surface area contributed by atoms with Crippen molar-refractivity contribution >= 4 is 52.3 Å². The first kappa shape index (κ1) is 18.7. The van der Waals surface area contributed by atoms with E-state index in [1.807, 2.05) is 0 Å². The van der Waals surface area contributed by atoms with Crippen molar-refractivity contribution in [1.29, 1.82) is 0 Å². The Kier molecular flexibility index (Phi) is 4.97. The lowest BCUT2D eigenvalue weighted by molar-refractivity contribution is -0.113. The van der Waals surface area contributed by atoms with E-state index < -0.39 is 6.04 Å². The summed E-state index contributed by atoms with van der Waals surface area (Å²) in [7, 11) is 0. The Morgan fingerprint density at radius 3 is 2.57 bits per heavy atom. The van der Waals surface area contributed by atoms with Crippen LogP contribution in [-0.2, 0) is 4.79 Å². The van der Waals surface area contributed by atoms with Crippen molar-refractivity contribution in [2.45, 2.75) is 13.0 Å². The van der Waals surface area contributed by atoms with Gasteiger partial charge < -0.3 is 10.6 Å². The van der Waals surface area contributed by atoms with Crippen LogP contribution in [0.25, 0.3) is 0 Å². The van der Waals surface area contributed by atoms with Crippen LogP contribution in [0.15, 0.2) is 53.7 Å². The SMILES string of the molecule is CC1=C(C(=O)Nc2ccc(Cl)cc2)[C@H](c2ccc(Cl)c(Cl)c2)n2nnnc2N1. The molecule has 10 heteroatoms. The number of carbonyl (C=O) groups is 1. The monoisotopic (exact) mass is 434 g/mol. The number of fused-ring (bicyclic) bond motifs is 1. The van der Waals surface area contributed by atoms with Gasteiger partial charge in [-0.2, -0.15) is 4.68 Å². The molecule has 0 spiro atoms. The van der Waals surface area contributed by atoms with Gasteiger partial charge in [0.15, 0.2) is 0 Å². The largest absolute Gasteiger partial charge is 0.326 e. The predicted octanol–water partition coefficient (Wildman–Crippen LogP) is 4.56. The molecule has 2 N–H and O–H groups in total.